The number of aromatic hydroxyl groups is 2. The van der Waals surface area contributed by atoms with Crippen molar-refractivity contribution >= 4 is 0 Å². The van der Waals surface area contributed by atoms with E-state index in [2.05, 4.69) is 20.8 Å². The predicted octanol–water partition coefficient (Wildman–Crippen LogP) is 7.03. The number of phenols is 2. The predicted molar refractivity (Wildman–Crippen MR) is 109 cm³/mol. The lowest BCUT2D eigenvalue weighted by atomic mass is 9.69. The van der Waals surface area contributed by atoms with Crippen LogP contribution in [0.5, 0.6) is 11.5 Å². The van der Waals surface area contributed by atoms with Gasteiger partial charge in [0, 0.05) is 5.56 Å². The fourth-order valence-corrected chi connectivity index (χ4v) is 5.69. The van der Waals surface area contributed by atoms with E-state index in [0.29, 0.717) is 17.4 Å². The fraction of sp³-hybridized carbons (Fsp3) is 0.750. The Morgan fingerprint density at radius 2 is 1.38 bits per heavy atom. The standard InChI is InChI=1S/C24H38O2/c1-4-14-24(2,3)20-15-21(25)23(22(26)16-20)19-12-10-18(11-13-19)17-8-6-5-7-9-17/h15-19,25-26H,4-14H2,1-3H3. The van der Waals surface area contributed by atoms with Crippen molar-refractivity contribution in [1.82, 2.24) is 0 Å². The third-order valence-electron chi connectivity index (χ3n) is 7.29. The van der Waals surface area contributed by atoms with Gasteiger partial charge in [-0.2, -0.15) is 0 Å². The highest BCUT2D eigenvalue weighted by Crippen LogP contribution is 2.48. The zero-order valence-corrected chi connectivity index (χ0v) is 17.1. The number of hydrogen-bond acceptors (Lipinski definition) is 2. The summed E-state index contributed by atoms with van der Waals surface area (Å²) in [7, 11) is 0. The highest BCUT2D eigenvalue weighted by atomic mass is 16.3. The third-order valence-corrected chi connectivity index (χ3v) is 7.29. The van der Waals surface area contributed by atoms with E-state index in [1.54, 1.807) is 0 Å². The normalized spacial score (nSPS) is 25.3. The second kappa shape index (κ2) is 8.23. The molecule has 0 aromatic heterocycles. The lowest BCUT2D eigenvalue weighted by molar-refractivity contribution is 0.184. The molecule has 3 rings (SSSR count). The molecule has 0 spiro atoms. The van der Waals surface area contributed by atoms with E-state index in [0.717, 1.165) is 48.6 Å². The lowest BCUT2D eigenvalue weighted by Crippen LogP contribution is -2.23. The summed E-state index contributed by atoms with van der Waals surface area (Å²) in [6.07, 6.45) is 14.0. The van der Waals surface area contributed by atoms with Crippen LogP contribution in [0.3, 0.4) is 0 Å². The largest absolute Gasteiger partial charge is 0.508 e. The summed E-state index contributed by atoms with van der Waals surface area (Å²) in [5.41, 5.74) is 1.85. The molecule has 2 heteroatoms. The first-order valence-corrected chi connectivity index (χ1v) is 11.0. The molecular formula is C24H38O2. The van der Waals surface area contributed by atoms with Crippen LogP contribution in [0.1, 0.15) is 108 Å². The van der Waals surface area contributed by atoms with E-state index in [1.807, 2.05) is 12.1 Å². The Morgan fingerprint density at radius 3 is 1.92 bits per heavy atom. The van der Waals surface area contributed by atoms with Gasteiger partial charge in [-0.15, -0.1) is 0 Å². The smallest absolute Gasteiger partial charge is 0.123 e. The van der Waals surface area contributed by atoms with Crippen LogP contribution in [0.2, 0.25) is 0 Å². The summed E-state index contributed by atoms with van der Waals surface area (Å²) in [5.74, 6) is 2.75. The Morgan fingerprint density at radius 1 is 0.846 bits per heavy atom. The minimum atomic E-state index is -0.0130. The van der Waals surface area contributed by atoms with Crippen LogP contribution in [0, 0.1) is 11.8 Å². The van der Waals surface area contributed by atoms with Crippen molar-refractivity contribution in [3.8, 4) is 11.5 Å². The molecule has 1 aromatic rings. The lowest BCUT2D eigenvalue weighted by Gasteiger charge is -2.36. The summed E-state index contributed by atoms with van der Waals surface area (Å²) < 4.78 is 0. The van der Waals surface area contributed by atoms with Crippen molar-refractivity contribution in [2.45, 2.75) is 103 Å². The Balaban J connectivity index is 1.70. The van der Waals surface area contributed by atoms with E-state index in [9.17, 15) is 10.2 Å². The summed E-state index contributed by atoms with van der Waals surface area (Å²) in [6, 6.07) is 3.83. The summed E-state index contributed by atoms with van der Waals surface area (Å²) in [4.78, 5) is 0. The molecule has 0 amide bonds. The molecule has 1 aromatic carbocycles. The van der Waals surface area contributed by atoms with Gasteiger partial charge in [0.2, 0.25) is 0 Å². The molecule has 0 saturated heterocycles. The Hall–Kier alpha value is -1.18. The SMILES string of the molecule is CCCC(C)(C)c1cc(O)c(C2CCC(C3CCCCC3)CC2)c(O)c1. The molecule has 0 bridgehead atoms. The molecule has 2 aliphatic carbocycles. The van der Waals surface area contributed by atoms with Gasteiger partial charge in [-0.05, 0) is 73.0 Å². The number of benzene rings is 1. The van der Waals surface area contributed by atoms with Gasteiger partial charge in [0.05, 0.1) is 0 Å². The van der Waals surface area contributed by atoms with Crippen molar-refractivity contribution in [3.63, 3.8) is 0 Å². The molecular weight excluding hydrogens is 320 g/mol. The van der Waals surface area contributed by atoms with Crippen molar-refractivity contribution in [2.75, 3.05) is 0 Å². The van der Waals surface area contributed by atoms with Gasteiger partial charge >= 0.3 is 0 Å². The number of phenolic OH excluding ortho intramolecular Hbond substituents is 2. The zero-order chi connectivity index (χ0) is 18.7. The van der Waals surface area contributed by atoms with Crippen LogP contribution in [0.4, 0.5) is 0 Å². The quantitative estimate of drug-likeness (QED) is 0.593. The Bertz CT molecular complexity index is 567. The van der Waals surface area contributed by atoms with Gasteiger partial charge in [-0.25, -0.2) is 0 Å². The van der Waals surface area contributed by atoms with Gasteiger partial charge in [-0.1, -0.05) is 59.3 Å². The van der Waals surface area contributed by atoms with E-state index in [4.69, 9.17) is 0 Å². The average Bonchev–Trinajstić information content (AvgIpc) is 2.62. The molecule has 0 radical (unpaired) electrons. The van der Waals surface area contributed by atoms with E-state index >= 15 is 0 Å². The summed E-state index contributed by atoms with van der Waals surface area (Å²) >= 11 is 0. The molecule has 146 valence electrons. The van der Waals surface area contributed by atoms with Crippen LogP contribution in [-0.4, -0.2) is 10.2 Å². The molecule has 2 aliphatic rings. The van der Waals surface area contributed by atoms with Crippen LogP contribution < -0.4 is 0 Å². The summed E-state index contributed by atoms with van der Waals surface area (Å²) in [6.45, 7) is 6.57. The fourth-order valence-electron chi connectivity index (χ4n) is 5.69. The van der Waals surface area contributed by atoms with Crippen LogP contribution in [-0.2, 0) is 5.41 Å². The van der Waals surface area contributed by atoms with Crippen LogP contribution in [0.25, 0.3) is 0 Å². The third kappa shape index (κ3) is 4.21. The van der Waals surface area contributed by atoms with Crippen molar-refractivity contribution in [3.05, 3.63) is 23.3 Å². The average molecular weight is 359 g/mol. The first kappa shape index (κ1) is 19.6. The van der Waals surface area contributed by atoms with Crippen molar-refractivity contribution in [1.29, 1.82) is 0 Å². The molecule has 0 atom stereocenters. The van der Waals surface area contributed by atoms with E-state index in [-0.39, 0.29) is 5.41 Å². The number of hydrogen-bond donors (Lipinski definition) is 2. The van der Waals surface area contributed by atoms with Crippen LogP contribution >= 0.6 is 0 Å². The highest BCUT2D eigenvalue weighted by molar-refractivity contribution is 5.50. The Labute approximate surface area is 160 Å². The Kier molecular flexibility index (Phi) is 6.20. The monoisotopic (exact) mass is 358 g/mol. The minimum absolute atomic E-state index is 0.0130. The van der Waals surface area contributed by atoms with Gasteiger partial charge in [-0.3, -0.25) is 0 Å². The molecule has 0 heterocycles. The highest BCUT2D eigenvalue weighted by Gasteiger charge is 2.32. The first-order valence-electron chi connectivity index (χ1n) is 11.0. The minimum Gasteiger partial charge on any atom is -0.508 e. The molecule has 26 heavy (non-hydrogen) atoms. The zero-order valence-electron chi connectivity index (χ0n) is 17.1. The van der Waals surface area contributed by atoms with Gasteiger partial charge in [0.15, 0.2) is 0 Å². The molecule has 2 fully saturated rings. The summed E-state index contributed by atoms with van der Waals surface area (Å²) in [5, 5.41) is 21.4. The maximum absolute atomic E-state index is 10.7. The molecule has 0 unspecified atom stereocenters. The van der Waals surface area contributed by atoms with Crippen LogP contribution in [0.15, 0.2) is 12.1 Å². The van der Waals surface area contributed by atoms with E-state index < -0.39 is 0 Å². The molecule has 2 nitrogen and oxygen atoms in total. The van der Waals surface area contributed by atoms with Crippen molar-refractivity contribution < 1.29 is 10.2 Å². The molecule has 0 aliphatic heterocycles. The molecule has 2 saturated carbocycles. The maximum Gasteiger partial charge on any atom is 0.123 e. The maximum atomic E-state index is 10.7. The molecule has 2 N–H and O–H groups in total. The second-order valence-corrected chi connectivity index (χ2v) is 9.57. The van der Waals surface area contributed by atoms with E-state index in [1.165, 1.54) is 44.9 Å². The van der Waals surface area contributed by atoms with Crippen molar-refractivity contribution in [2.24, 2.45) is 11.8 Å². The first-order chi connectivity index (χ1) is 12.4. The topological polar surface area (TPSA) is 40.5 Å². The second-order valence-electron chi connectivity index (χ2n) is 9.57. The van der Waals surface area contributed by atoms with Gasteiger partial charge < -0.3 is 10.2 Å². The van der Waals surface area contributed by atoms with Gasteiger partial charge in [0.1, 0.15) is 11.5 Å². The van der Waals surface area contributed by atoms with Gasteiger partial charge in [0.25, 0.3) is 0 Å². The number of rotatable bonds is 5.